The fourth-order valence-electron chi connectivity index (χ4n) is 2.28. The van der Waals surface area contributed by atoms with Crippen LogP contribution < -0.4 is 5.32 Å². The van der Waals surface area contributed by atoms with E-state index in [-0.39, 0.29) is 17.6 Å². The maximum atomic E-state index is 12.1. The summed E-state index contributed by atoms with van der Waals surface area (Å²) in [5.41, 5.74) is 0.474. The Morgan fingerprint density at radius 2 is 2.17 bits per heavy atom. The Morgan fingerprint density at radius 1 is 1.44 bits per heavy atom. The normalized spacial score (nSPS) is 22.5. The van der Waals surface area contributed by atoms with Crippen molar-refractivity contribution in [1.82, 2.24) is 5.32 Å². The van der Waals surface area contributed by atoms with E-state index in [1.807, 2.05) is 18.2 Å². The molecular weight excluding hydrogens is 246 g/mol. The van der Waals surface area contributed by atoms with Crippen LogP contribution in [-0.2, 0) is 4.74 Å². The third-order valence-electron chi connectivity index (χ3n) is 3.18. The molecular formula is C14H19NO2S. The highest BCUT2D eigenvalue weighted by Gasteiger charge is 2.29. The topological polar surface area (TPSA) is 38.3 Å². The van der Waals surface area contributed by atoms with E-state index in [0.717, 1.165) is 12.8 Å². The predicted octanol–water partition coefficient (Wildman–Crippen LogP) is 2.66. The van der Waals surface area contributed by atoms with Gasteiger partial charge in [0.15, 0.2) is 0 Å². The fourth-order valence-corrected chi connectivity index (χ4v) is 2.55. The average Bonchev–Trinajstić information content (AvgIpc) is 2.28. The number of thiol groups is 1. The van der Waals surface area contributed by atoms with E-state index >= 15 is 0 Å². The highest BCUT2D eigenvalue weighted by Crippen LogP contribution is 2.24. The molecule has 98 valence electrons. The van der Waals surface area contributed by atoms with Crippen LogP contribution >= 0.6 is 12.6 Å². The van der Waals surface area contributed by atoms with Crippen molar-refractivity contribution in [2.24, 2.45) is 0 Å². The second kappa shape index (κ2) is 5.33. The van der Waals surface area contributed by atoms with E-state index in [2.05, 4.69) is 31.8 Å². The van der Waals surface area contributed by atoms with Crippen LogP contribution in [0, 0.1) is 0 Å². The number of rotatable bonds is 2. The van der Waals surface area contributed by atoms with Crippen molar-refractivity contribution in [3.63, 3.8) is 0 Å². The molecule has 3 nitrogen and oxygen atoms in total. The van der Waals surface area contributed by atoms with Gasteiger partial charge in [-0.1, -0.05) is 12.1 Å². The minimum atomic E-state index is -0.156. The molecule has 1 fully saturated rings. The summed E-state index contributed by atoms with van der Waals surface area (Å²) < 4.78 is 5.64. The minimum Gasteiger partial charge on any atom is -0.375 e. The van der Waals surface area contributed by atoms with E-state index in [9.17, 15) is 4.79 Å². The lowest BCUT2D eigenvalue weighted by molar-refractivity contribution is -0.0615. The molecule has 1 aliphatic rings. The van der Waals surface area contributed by atoms with Gasteiger partial charge in [0.05, 0.1) is 11.2 Å². The first-order valence-electron chi connectivity index (χ1n) is 6.21. The second-order valence-electron chi connectivity index (χ2n) is 5.29. The zero-order chi connectivity index (χ0) is 13.2. The van der Waals surface area contributed by atoms with Crippen molar-refractivity contribution in [3.05, 3.63) is 29.8 Å². The van der Waals surface area contributed by atoms with Gasteiger partial charge in [0.1, 0.15) is 0 Å². The Kier molecular flexibility index (Phi) is 3.97. The molecule has 0 saturated carbocycles. The summed E-state index contributed by atoms with van der Waals surface area (Å²) >= 11 is 4.30. The quantitative estimate of drug-likeness (QED) is 0.807. The molecule has 1 atom stereocenters. The molecule has 1 aromatic rings. The third kappa shape index (κ3) is 3.27. The van der Waals surface area contributed by atoms with Crippen molar-refractivity contribution in [1.29, 1.82) is 0 Å². The van der Waals surface area contributed by atoms with Crippen LogP contribution in [0.1, 0.15) is 37.0 Å². The summed E-state index contributed by atoms with van der Waals surface area (Å²) in [6.45, 7) is 4.80. The zero-order valence-electron chi connectivity index (χ0n) is 10.8. The van der Waals surface area contributed by atoms with Crippen LogP contribution in [-0.4, -0.2) is 24.2 Å². The van der Waals surface area contributed by atoms with Crippen LogP contribution in [0.4, 0.5) is 0 Å². The molecule has 1 amide bonds. The number of amides is 1. The molecule has 1 aliphatic heterocycles. The number of hydrogen-bond donors (Lipinski definition) is 2. The van der Waals surface area contributed by atoms with Gasteiger partial charge in [-0.15, -0.1) is 12.6 Å². The molecule has 1 N–H and O–H groups in total. The number of carbonyl (C=O) groups is 1. The van der Waals surface area contributed by atoms with Crippen molar-refractivity contribution in [2.75, 3.05) is 6.61 Å². The van der Waals surface area contributed by atoms with E-state index in [1.54, 1.807) is 6.07 Å². The lowest BCUT2D eigenvalue weighted by Crippen LogP contribution is -2.45. The number of hydrogen-bond acceptors (Lipinski definition) is 3. The molecule has 4 heteroatoms. The Hall–Kier alpha value is -1.00. The van der Waals surface area contributed by atoms with Crippen LogP contribution in [0.25, 0.3) is 0 Å². The molecule has 18 heavy (non-hydrogen) atoms. The van der Waals surface area contributed by atoms with E-state index < -0.39 is 0 Å². The molecule has 0 spiro atoms. The second-order valence-corrected chi connectivity index (χ2v) is 5.77. The standard InChI is InChI=1S/C14H19NO2S/c1-14(2)9-10(7-8-17-14)15-13(16)11-5-3-4-6-12(11)18/h3-6,10,18H,7-9H2,1-2H3,(H,15,16). The van der Waals surface area contributed by atoms with Gasteiger partial charge in [0, 0.05) is 17.5 Å². The highest BCUT2D eigenvalue weighted by molar-refractivity contribution is 7.80. The number of carbonyl (C=O) groups excluding carboxylic acids is 1. The van der Waals surface area contributed by atoms with Gasteiger partial charge in [-0.05, 0) is 38.8 Å². The first-order valence-corrected chi connectivity index (χ1v) is 6.65. The summed E-state index contributed by atoms with van der Waals surface area (Å²) in [6, 6.07) is 7.52. The maximum Gasteiger partial charge on any atom is 0.252 e. The van der Waals surface area contributed by atoms with Crippen LogP contribution in [0.15, 0.2) is 29.2 Å². The number of nitrogens with one attached hydrogen (secondary N) is 1. The SMILES string of the molecule is CC1(C)CC(NC(=O)c2ccccc2S)CCO1. The summed E-state index contributed by atoms with van der Waals surface area (Å²) in [5, 5.41) is 3.06. The largest absolute Gasteiger partial charge is 0.375 e. The van der Waals surface area contributed by atoms with Crippen LogP contribution in [0.5, 0.6) is 0 Å². The molecule has 1 aromatic carbocycles. The molecule has 0 radical (unpaired) electrons. The average molecular weight is 265 g/mol. The van der Waals surface area contributed by atoms with Crippen molar-refractivity contribution in [2.45, 2.75) is 43.2 Å². The van der Waals surface area contributed by atoms with E-state index in [0.29, 0.717) is 17.1 Å². The molecule has 0 aliphatic carbocycles. The van der Waals surface area contributed by atoms with E-state index in [4.69, 9.17) is 4.74 Å². The summed E-state index contributed by atoms with van der Waals surface area (Å²) in [4.78, 5) is 12.9. The number of ether oxygens (including phenoxy) is 1. The Balaban J connectivity index is 2.02. The first-order chi connectivity index (χ1) is 8.48. The Morgan fingerprint density at radius 3 is 2.83 bits per heavy atom. The van der Waals surface area contributed by atoms with Crippen molar-refractivity contribution >= 4 is 18.5 Å². The van der Waals surface area contributed by atoms with Gasteiger partial charge in [-0.3, -0.25) is 4.79 Å². The van der Waals surface area contributed by atoms with Crippen LogP contribution in [0.3, 0.4) is 0 Å². The van der Waals surface area contributed by atoms with Crippen molar-refractivity contribution < 1.29 is 9.53 Å². The summed E-state index contributed by atoms with van der Waals surface area (Å²) in [5.74, 6) is -0.0525. The Bertz CT molecular complexity index is 445. The molecule has 0 bridgehead atoms. The predicted molar refractivity (Wildman–Crippen MR) is 74.2 cm³/mol. The third-order valence-corrected chi connectivity index (χ3v) is 3.57. The maximum absolute atomic E-state index is 12.1. The lowest BCUT2D eigenvalue weighted by atomic mass is 9.94. The Labute approximate surface area is 113 Å². The number of benzene rings is 1. The first kappa shape index (κ1) is 13.4. The van der Waals surface area contributed by atoms with Crippen molar-refractivity contribution in [3.8, 4) is 0 Å². The molecule has 1 heterocycles. The van der Waals surface area contributed by atoms with Gasteiger partial charge in [-0.25, -0.2) is 0 Å². The summed E-state index contributed by atoms with van der Waals surface area (Å²) in [7, 11) is 0. The minimum absolute atomic E-state index is 0.0525. The smallest absolute Gasteiger partial charge is 0.252 e. The molecule has 0 aromatic heterocycles. The fraction of sp³-hybridized carbons (Fsp3) is 0.500. The van der Waals surface area contributed by atoms with E-state index in [1.165, 1.54) is 0 Å². The van der Waals surface area contributed by atoms with Gasteiger partial charge in [0.2, 0.25) is 0 Å². The highest BCUT2D eigenvalue weighted by atomic mass is 32.1. The summed E-state index contributed by atoms with van der Waals surface area (Å²) in [6.07, 6.45) is 1.71. The lowest BCUT2D eigenvalue weighted by Gasteiger charge is -2.35. The molecule has 2 rings (SSSR count). The van der Waals surface area contributed by atoms with Gasteiger partial charge in [-0.2, -0.15) is 0 Å². The molecule has 1 unspecified atom stereocenters. The van der Waals surface area contributed by atoms with Gasteiger partial charge < -0.3 is 10.1 Å². The monoisotopic (exact) mass is 265 g/mol. The van der Waals surface area contributed by atoms with Gasteiger partial charge >= 0.3 is 0 Å². The zero-order valence-corrected chi connectivity index (χ0v) is 11.7. The molecule has 1 saturated heterocycles. The van der Waals surface area contributed by atoms with Crippen LogP contribution in [0.2, 0.25) is 0 Å². The van der Waals surface area contributed by atoms with Gasteiger partial charge in [0.25, 0.3) is 5.91 Å².